The third-order valence-electron chi connectivity index (χ3n) is 18.3. The Morgan fingerprint density at radius 1 is 0.511 bits per heavy atom. The number of halogens is 2. The molecular weight excluding hydrogens is 1180 g/mol. The molecule has 0 spiro atoms. The molecule has 0 N–H and O–H groups in total. The van der Waals surface area contributed by atoms with Crippen LogP contribution < -0.4 is 28.4 Å². The van der Waals surface area contributed by atoms with Crippen LogP contribution in [0.3, 0.4) is 0 Å². The van der Waals surface area contributed by atoms with Gasteiger partial charge in [-0.15, -0.1) is 10.2 Å². The smallest absolute Gasteiger partial charge is 0.210 e. The van der Waals surface area contributed by atoms with Gasteiger partial charge in [-0.05, 0) is 140 Å². The van der Waals surface area contributed by atoms with Crippen molar-refractivity contribution in [3.8, 4) is 0 Å². The Hall–Kier alpha value is -7.75. The van der Waals surface area contributed by atoms with E-state index >= 15 is 0 Å². The van der Waals surface area contributed by atoms with Crippen molar-refractivity contribution < 1.29 is 51.0 Å². The number of para-hydroxylation sites is 2. The average molecular weight is 1260 g/mol. The predicted molar refractivity (Wildman–Crippen MR) is 358 cm³/mol. The minimum absolute atomic E-state index is 0.0174. The highest BCUT2D eigenvalue weighted by molar-refractivity contribution is 7.85. The zero-order valence-corrected chi connectivity index (χ0v) is 56.0. The van der Waals surface area contributed by atoms with Crippen LogP contribution in [0.15, 0.2) is 245 Å². The minimum Gasteiger partial charge on any atom is -0.744 e. The topological polar surface area (TPSA) is 162 Å². The van der Waals surface area contributed by atoms with Crippen molar-refractivity contribution >= 4 is 77.4 Å². The SMILES string of the molecule is CN1C(=CC=C2CCCC(C=CC3=[N+](C)c4ccc5ccccc5c4C3(C)C)=C2Cl)C(C)(C)c2c1ccc1ccccc21.CN1C(=CC=CC=CC=CC2=[N+](C)c3ccccc3C2(C)C)C(C)(C)c2ccccc21.Cc1ccc(S(=O)(=O)[O-])cc1.[O-][Cl+3]([O-])([O-])[O-]. The number of nitrogens with zero attached hydrogens (tertiary/aromatic N) is 4. The van der Waals surface area contributed by atoms with Crippen molar-refractivity contribution in [1.82, 2.24) is 0 Å². The van der Waals surface area contributed by atoms with Gasteiger partial charge in [0.1, 0.15) is 24.2 Å². The molecule has 466 valence electrons. The molecule has 7 aromatic rings. The van der Waals surface area contributed by atoms with Gasteiger partial charge in [0.15, 0.2) is 11.4 Å². The largest absolute Gasteiger partial charge is 0.744 e. The maximum absolute atomic E-state index is 10.4. The van der Waals surface area contributed by atoms with Gasteiger partial charge in [-0.2, -0.15) is 9.15 Å². The number of allylic oxidation sites excluding steroid dienone is 16. The van der Waals surface area contributed by atoms with E-state index in [1.807, 2.05) is 6.92 Å². The van der Waals surface area contributed by atoms with Crippen LogP contribution in [0.2, 0.25) is 0 Å². The molecule has 11 nitrogen and oxygen atoms in total. The van der Waals surface area contributed by atoms with Crippen LogP contribution in [-0.4, -0.2) is 61.7 Å². The normalized spacial score (nSPS) is 19.3. The molecule has 4 heterocycles. The standard InChI is InChI=1S/C40H40ClN2.C29H33N2.C7H8O3S.ClHO4/c1-39(2)34(42(5)32-22-18-26-12-7-9-16-30(26)36(32)39)24-20-28-14-11-15-29(38(28)41)21-25-35-40(3,4)37-31-17-10-8-13-27(31)19-23-33(37)43(35)6;1-28(2)22-16-12-14-18-24(22)30(5)26(28)20-10-8-7-9-11-21-27-29(3,4)23-17-13-15-19-25(23)31(27)6;1-6-2-4-7(5-3-6)11(8,9)10;2-1(3,4)5/h7-10,12-13,16-25H,11,14-15H2,1-6H3;7-21H,1-6H3;2-5H,1H3,(H,8,9,10);(H,2,3,4,5)/q2*+1;;/p-2. The van der Waals surface area contributed by atoms with Crippen molar-refractivity contribution in [2.24, 2.45) is 0 Å². The molecule has 0 unspecified atom stereocenters. The molecule has 14 heteroatoms. The van der Waals surface area contributed by atoms with Gasteiger partial charge in [-0.1, -0.05) is 191 Å². The Balaban J connectivity index is 0.000000177. The molecule has 0 atom stereocenters. The molecule has 0 bridgehead atoms. The van der Waals surface area contributed by atoms with Gasteiger partial charge in [0.2, 0.25) is 11.4 Å². The van der Waals surface area contributed by atoms with Gasteiger partial charge in [0, 0.05) is 88.1 Å². The zero-order chi connectivity index (χ0) is 65.3. The first-order valence-electron chi connectivity index (χ1n) is 30.1. The van der Waals surface area contributed by atoms with Gasteiger partial charge in [-0.3, -0.25) is 0 Å². The third kappa shape index (κ3) is 13.6. The predicted octanol–water partition coefficient (Wildman–Crippen LogP) is 13.3. The fourth-order valence-corrected chi connectivity index (χ4v) is 14.5. The second-order valence-corrected chi connectivity index (χ2v) is 28.0. The lowest BCUT2D eigenvalue weighted by atomic mass is 9.79. The number of benzene rings is 7. The van der Waals surface area contributed by atoms with Crippen LogP contribution >= 0.6 is 11.6 Å². The Labute approximate surface area is 539 Å². The average Bonchev–Trinajstić information content (AvgIpc) is 1.60. The van der Waals surface area contributed by atoms with E-state index in [0.717, 1.165) is 29.9 Å². The summed E-state index contributed by atoms with van der Waals surface area (Å²) in [6.45, 7) is 20.4. The molecule has 90 heavy (non-hydrogen) atoms. The van der Waals surface area contributed by atoms with Crippen LogP contribution in [0.1, 0.15) is 102 Å². The summed E-state index contributed by atoms with van der Waals surface area (Å²) in [5.74, 6) is 0. The molecule has 7 aromatic carbocycles. The molecule has 12 rings (SSSR count). The van der Waals surface area contributed by atoms with E-state index in [-0.39, 0.29) is 26.6 Å². The number of aryl methyl sites for hydroxylation is 1. The fourth-order valence-electron chi connectivity index (χ4n) is 13.7. The molecule has 0 radical (unpaired) electrons. The number of anilines is 2. The minimum atomic E-state index is -4.94. The molecule has 0 saturated heterocycles. The van der Waals surface area contributed by atoms with Gasteiger partial charge >= 0.3 is 0 Å². The summed E-state index contributed by atoms with van der Waals surface area (Å²) in [7, 11) is -0.523. The van der Waals surface area contributed by atoms with Crippen molar-refractivity contribution in [3.05, 3.63) is 268 Å². The Bertz CT molecular complexity index is 4370. The van der Waals surface area contributed by atoms with Crippen molar-refractivity contribution in [3.63, 3.8) is 0 Å². The number of rotatable bonds is 8. The molecule has 0 saturated carbocycles. The first-order chi connectivity index (χ1) is 42.4. The molecule has 4 aliphatic heterocycles. The maximum atomic E-state index is 10.4. The number of fused-ring (bicyclic) bond motifs is 8. The van der Waals surface area contributed by atoms with E-state index in [0.29, 0.717) is 0 Å². The summed E-state index contributed by atoms with van der Waals surface area (Å²) < 4.78 is 69.8. The van der Waals surface area contributed by atoms with Crippen molar-refractivity contribution in [2.75, 3.05) is 38.0 Å². The second-order valence-electron chi connectivity index (χ2n) is 25.5. The van der Waals surface area contributed by atoms with E-state index in [2.05, 4.69) is 291 Å². The van der Waals surface area contributed by atoms with Crippen molar-refractivity contribution in [2.45, 2.75) is 108 Å². The van der Waals surface area contributed by atoms with E-state index in [1.54, 1.807) is 12.1 Å². The lowest BCUT2D eigenvalue weighted by Gasteiger charge is -2.25. The van der Waals surface area contributed by atoms with Crippen LogP contribution in [0.4, 0.5) is 22.7 Å². The van der Waals surface area contributed by atoms with Gasteiger partial charge in [0.05, 0.1) is 15.7 Å². The Morgan fingerprint density at radius 3 is 1.67 bits per heavy atom. The van der Waals surface area contributed by atoms with Crippen LogP contribution in [0, 0.1) is 17.2 Å². The molecule has 0 amide bonds. The molecule has 0 aromatic heterocycles. The lowest BCUT2D eigenvalue weighted by molar-refractivity contribution is -2.00. The van der Waals surface area contributed by atoms with E-state index < -0.39 is 20.4 Å². The van der Waals surface area contributed by atoms with Gasteiger partial charge < -0.3 is 14.4 Å². The summed E-state index contributed by atoms with van der Waals surface area (Å²) in [4.78, 5) is 4.48. The first kappa shape index (κ1) is 66.7. The van der Waals surface area contributed by atoms with Crippen LogP contribution in [0.25, 0.3) is 21.5 Å². The van der Waals surface area contributed by atoms with Crippen molar-refractivity contribution in [1.29, 1.82) is 0 Å². The quantitative estimate of drug-likeness (QED) is 0.0819. The highest BCUT2D eigenvalue weighted by Crippen LogP contribution is 2.51. The highest BCUT2D eigenvalue weighted by atomic mass is 35.7. The Morgan fingerprint density at radius 2 is 1.03 bits per heavy atom. The highest BCUT2D eigenvalue weighted by Gasteiger charge is 2.45. The molecular formula is C76H80Cl2N4O7S. The Kier molecular flexibility index (Phi) is 19.4. The second kappa shape index (κ2) is 26.2. The summed E-state index contributed by atoms with van der Waals surface area (Å²) in [5, 5.41) is 6.17. The zero-order valence-electron chi connectivity index (χ0n) is 53.6. The molecule has 5 aliphatic rings. The molecule has 1 aliphatic carbocycles. The van der Waals surface area contributed by atoms with E-state index in [9.17, 15) is 13.0 Å². The third-order valence-corrected chi connectivity index (χ3v) is 19.6. The van der Waals surface area contributed by atoms with Crippen LogP contribution in [0.5, 0.6) is 0 Å². The van der Waals surface area contributed by atoms with Gasteiger partial charge in [0.25, 0.3) is 0 Å². The number of likely N-dealkylation sites (N-methyl/N-ethyl adjacent to an activating group) is 2. The lowest BCUT2D eigenvalue weighted by Crippen LogP contribution is -2.68. The van der Waals surface area contributed by atoms with Gasteiger partial charge in [-0.25, -0.2) is 27.1 Å². The van der Waals surface area contributed by atoms with Crippen LogP contribution in [-0.2, 0) is 31.8 Å². The summed E-state index contributed by atoms with van der Waals surface area (Å²) >= 11 is 7.16. The first-order valence-corrected chi connectivity index (χ1v) is 33.2. The summed E-state index contributed by atoms with van der Waals surface area (Å²) in [5.41, 5.74) is 19.2. The fraction of sp³-hybridized carbons (Fsp3) is 0.263. The maximum Gasteiger partial charge on any atom is 0.210 e. The summed E-state index contributed by atoms with van der Waals surface area (Å²) in [6, 6.07) is 49.6. The molecule has 0 fully saturated rings. The summed E-state index contributed by atoms with van der Waals surface area (Å²) in [6.07, 6.45) is 27.3. The van der Waals surface area contributed by atoms with E-state index in [4.69, 9.17) is 30.2 Å². The number of hydrogen-bond donors (Lipinski definition) is 0. The van der Waals surface area contributed by atoms with E-state index in [1.165, 1.54) is 113 Å². The number of hydrogen-bond acceptors (Lipinski definition) is 9. The monoisotopic (exact) mass is 1260 g/mol.